The van der Waals surface area contributed by atoms with Crippen LogP contribution in [0, 0.1) is 0 Å². The predicted molar refractivity (Wildman–Crippen MR) is 55.3 cm³/mol. The lowest BCUT2D eigenvalue weighted by atomic mass is 9.86. The number of nitrogens with zero attached hydrogens (tertiary/aromatic N) is 1. The van der Waals surface area contributed by atoms with Crippen LogP contribution in [-0.2, 0) is 9.59 Å². The van der Waals surface area contributed by atoms with Crippen molar-refractivity contribution in [2.45, 2.75) is 25.2 Å². The van der Waals surface area contributed by atoms with Crippen molar-refractivity contribution in [2.75, 3.05) is 7.11 Å². The van der Waals surface area contributed by atoms with E-state index in [4.69, 9.17) is 4.74 Å². The maximum atomic E-state index is 11.3. The molecule has 1 aromatic heterocycles. The number of aromatic nitrogens is 1. The second kappa shape index (κ2) is 4.10. The number of carbonyl (C=O) groups excluding carboxylic acids is 2. The fraction of sp³-hybridized carbons (Fsp3) is 0.500. The van der Waals surface area contributed by atoms with E-state index in [1.807, 2.05) is 0 Å². The summed E-state index contributed by atoms with van der Waals surface area (Å²) >= 11 is 1.31. The quantitative estimate of drug-likeness (QED) is 0.717. The van der Waals surface area contributed by atoms with Gasteiger partial charge in [-0.05, 0) is 11.5 Å². The highest BCUT2D eigenvalue weighted by molar-refractivity contribution is 7.06. The van der Waals surface area contributed by atoms with Gasteiger partial charge in [0.25, 0.3) is 0 Å². The highest BCUT2D eigenvalue weighted by Crippen LogP contribution is 2.33. The molecule has 0 saturated heterocycles. The van der Waals surface area contributed by atoms with E-state index < -0.39 is 0 Å². The van der Waals surface area contributed by atoms with E-state index in [1.165, 1.54) is 11.5 Å². The van der Waals surface area contributed by atoms with Crippen LogP contribution in [0.2, 0.25) is 0 Å². The number of hydrogen-bond donors (Lipinski definition) is 0. The zero-order valence-electron chi connectivity index (χ0n) is 8.36. The second-order valence-electron chi connectivity index (χ2n) is 3.63. The average molecular weight is 225 g/mol. The lowest BCUT2D eigenvalue weighted by Gasteiger charge is -2.17. The molecule has 1 saturated carbocycles. The minimum atomic E-state index is 0.0140. The van der Waals surface area contributed by atoms with Gasteiger partial charge in [0.2, 0.25) is 5.88 Å². The van der Waals surface area contributed by atoms with E-state index in [-0.39, 0.29) is 23.9 Å². The van der Waals surface area contributed by atoms with Crippen molar-refractivity contribution >= 4 is 23.1 Å². The Kier molecular flexibility index (Phi) is 2.81. The maximum absolute atomic E-state index is 11.3. The standard InChI is InChI=1S/C10H11NO3S/c1-14-10-5-9(15-11-10)6-2-7(12)4-8(13)3-6/h5-6H,2-4H2,1H3. The summed E-state index contributed by atoms with van der Waals surface area (Å²) in [7, 11) is 1.55. The first-order chi connectivity index (χ1) is 7.19. The third-order valence-corrected chi connectivity index (χ3v) is 3.39. The van der Waals surface area contributed by atoms with Crippen molar-refractivity contribution in [3.05, 3.63) is 10.9 Å². The third kappa shape index (κ3) is 2.23. The molecule has 1 aliphatic rings. The molecule has 80 valence electrons. The molecular formula is C10H11NO3S. The molecule has 0 radical (unpaired) electrons. The average Bonchev–Trinajstić information content (AvgIpc) is 2.64. The largest absolute Gasteiger partial charge is 0.480 e. The Hall–Kier alpha value is -1.23. The Bertz CT molecular complexity index is 383. The number of hydrogen-bond acceptors (Lipinski definition) is 5. The van der Waals surface area contributed by atoms with E-state index in [0.717, 1.165) is 4.88 Å². The van der Waals surface area contributed by atoms with Crippen LogP contribution in [0.25, 0.3) is 0 Å². The van der Waals surface area contributed by atoms with Gasteiger partial charge in [0, 0.05) is 29.7 Å². The third-order valence-electron chi connectivity index (χ3n) is 2.46. The SMILES string of the molecule is COc1cc(C2CC(=O)CC(=O)C2)sn1. The molecular weight excluding hydrogens is 214 g/mol. The van der Waals surface area contributed by atoms with Gasteiger partial charge in [-0.3, -0.25) is 9.59 Å². The summed E-state index contributed by atoms with van der Waals surface area (Å²) < 4.78 is 9.03. The molecule has 1 heterocycles. The minimum Gasteiger partial charge on any atom is -0.480 e. The number of methoxy groups -OCH3 is 1. The summed E-state index contributed by atoms with van der Waals surface area (Å²) in [4.78, 5) is 23.5. The van der Waals surface area contributed by atoms with Gasteiger partial charge in [-0.25, -0.2) is 0 Å². The molecule has 0 unspecified atom stereocenters. The molecule has 0 amide bonds. The van der Waals surface area contributed by atoms with Gasteiger partial charge in [0.15, 0.2) is 0 Å². The van der Waals surface area contributed by atoms with Gasteiger partial charge in [-0.2, -0.15) is 4.37 Å². The number of ketones is 2. The van der Waals surface area contributed by atoms with E-state index in [0.29, 0.717) is 18.7 Å². The van der Waals surface area contributed by atoms with Crippen LogP contribution in [0.15, 0.2) is 6.07 Å². The molecule has 0 atom stereocenters. The van der Waals surface area contributed by atoms with Gasteiger partial charge >= 0.3 is 0 Å². The Morgan fingerprint density at radius 1 is 1.40 bits per heavy atom. The molecule has 0 spiro atoms. The summed E-state index contributed by atoms with van der Waals surface area (Å²) in [6.45, 7) is 0. The molecule has 5 heteroatoms. The summed E-state index contributed by atoms with van der Waals surface area (Å²) in [5, 5.41) is 0. The van der Waals surface area contributed by atoms with Crippen molar-refractivity contribution in [3.8, 4) is 5.88 Å². The molecule has 4 nitrogen and oxygen atoms in total. The minimum absolute atomic E-state index is 0.0140. The second-order valence-corrected chi connectivity index (χ2v) is 4.47. The van der Waals surface area contributed by atoms with Crippen LogP contribution in [-0.4, -0.2) is 23.0 Å². The lowest BCUT2D eigenvalue weighted by Crippen LogP contribution is -2.20. The van der Waals surface area contributed by atoms with Crippen LogP contribution < -0.4 is 4.74 Å². The van der Waals surface area contributed by atoms with Gasteiger partial charge < -0.3 is 4.74 Å². The molecule has 15 heavy (non-hydrogen) atoms. The zero-order valence-corrected chi connectivity index (χ0v) is 9.17. The van der Waals surface area contributed by atoms with Crippen molar-refractivity contribution in [3.63, 3.8) is 0 Å². The van der Waals surface area contributed by atoms with Crippen LogP contribution in [0.5, 0.6) is 5.88 Å². The van der Waals surface area contributed by atoms with E-state index in [9.17, 15) is 9.59 Å². The Labute approximate surface area is 91.4 Å². The topological polar surface area (TPSA) is 56.3 Å². The first-order valence-corrected chi connectivity index (χ1v) is 5.50. The lowest BCUT2D eigenvalue weighted by molar-refractivity contribution is -0.130. The molecule has 0 bridgehead atoms. The van der Waals surface area contributed by atoms with Crippen molar-refractivity contribution in [1.29, 1.82) is 0 Å². The van der Waals surface area contributed by atoms with E-state index in [1.54, 1.807) is 13.2 Å². The molecule has 1 fully saturated rings. The zero-order chi connectivity index (χ0) is 10.8. The number of Topliss-reactive ketones (excluding diaryl/α,β-unsaturated/α-hetero) is 2. The summed E-state index contributed by atoms with van der Waals surface area (Å²) in [6, 6.07) is 1.81. The van der Waals surface area contributed by atoms with Gasteiger partial charge in [-0.15, -0.1) is 0 Å². The first kappa shape index (κ1) is 10.3. The monoisotopic (exact) mass is 225 g/mol. The number of carbonyl (C=O) groups is 2. The number of rotatable bonds is 2. The van der Waals surface area contributed by atoms with Crippen LogP contribution in [0.3, 0.4) is 0 Å². The van der Waals surface area contributed by atoms with Crippen LogP contribution >= 0.6 is 11.5 Å². The molecule has 2 rings (SSSR count). The smallest absolute Gasteiger partial charge is 0.225 e. The molecule has 0 aromatic carbocycles. The molecule has 0 aliphatic heterocycles. The molecule has 1 aromatic rings. The maximum Gasteiger partial charge on any atom is 0.225 e. The van der Waals surface area contributed by atoms with E-state index in [2.05, 4.69) is 4.37 Å². The normalized spacial score (nSPS) is 18.2. The van der Waals surface area contributed by atoms with Crippen molar-refractivity contribution in [1.82, 2.24) is 4.37 Å². The first-order valence-electron chi connectivity index (χ1n) is 4.73. The highest BCUT2D eigenvalue weighted by atomic mass is 32.1. The Morgan fingerprint density at radius 2 is 2.07 bits per heavy atom. The predicted octanol–water partition coefficient (Wildman–Crippen LogP) is 1.56. The summed E-state index contributed by atoms with van der Waals surface area (Å²) in [5.74, 6) is 0.632. The summed E-state index contributed by atoms with van der Waals surface area (Å²) in [6.07, 6.45) is 1.01. The van der Waals surface area contributed by atoms with Crippen LogP contribution in [0.1, 0.15) is 30.1 Å². The van der Waals surface area contributed by atoms with Crippen LogP contribution in [0.4, 0.5) is 0 Å². The van der Waals surface area contributed by atoms with Gasteiger partial charge in [-0.1, -0.05) is 0 Å². The fourth-order valence-corrected chi connectivity index (χ4v) is 2.54. The van der Waals surface area contributed by atoms with Crippen molar-refractivity contribution < 1.29 is 14.3 Å². The molecule has 0 N–H and O–H groups in total. The van der Waals surface area contributed by atoms with Crippen molar-refractivity contribution in [2.24, 2.45) is 0 Å². The van der Waals surface area contributed by atoms with E-state index >= 15 is 0 Å². The fourth-order valence-electron chi connectivity index (χ4n) is 1.75. The highest BCUT2D eigenvalue weighted by Gasteiger charge is 2.28. The van der Waals surface area contributed by atoms with Gasteiger partial charge in [0.1, 0.15) is 11.6 Å². The van der Waals surface area contributed by atoms with Gasteiger partial charge in [0.05, 0.1) is 13.5 Å². The Balaban J connectivity index is 2.15. The molecule has 1 aliphatic carbocycles. The summed E-state index contributed by atoms with van der Waals surface area (Å²) in [5.41, 5.74) is 0. The Morgan fingerprint density at radius 3 is 2.60 bits per heavy atom. The number of ether oxygens (including phenoxy) is 1.